The Balaban J connectivity index is 1.74. The minimum Gasteiger partial charge on any atom is -0.496 e. The number of piperidine rings is 1. The Kier molecular flexibility index (Phi) is 5.40. The quantitative estimate of drug-likeness (QED) is 0.773. The van der Waals surface area contributed by atoms with Gasteiger partial charge in [-0.3, -0.25) is 14.3 Å². The second-order valence-electron chi connectivity index (χ2n) is 6.96. The molecular formula is C20H25N3O3. The van der Waals surface area contributed by atoms with Gasteiger partial charge in [0.1, 0.15) is 5.75 Å². The highest BCUT2D eigenvalue weighted by Gasteiger charge is 2.31. The molecule has 1 fully saturated rings. The summed E-state index contributed by atoms with van der Waals surface area (Å²) >= 11 is 0. The topological polar surface area (TPSA) is 64.4 Å². The van der Waals surface area contributed by atoms with Crippen molar-refractivity contribution in [3.63, 3.8) is 0 Å². The molecule has 1 aromatic carbocycles. The predicted molar refractivity (Wildman–Crippen MR) is 98.6 cm³/mol. The van der Waals surface area contributed by atoms with E-state index in [0.29, 0.717) is 30.0 Å². The van der Waals surface area contributed by atoms with Crippen LogP contribution < -0.4 is 4.74 Å². The highest BCUT2D eigenvalue weighted by molar-refractivity contribution is 6.01. The van der Waals surface area contributed by atoms with Crippen LogP contribution in [-0.2, 0) is 0 Å². The van der Waals surface area contributed by atoms with E-state index < -0.39 is 0 Å². The Labute approximate surface area is 153 Å². The summed E-state index contributed by atoms with van der Waals surface area (Å²) < 4.78 is 7.09. The Morgan fingerprint density at radius 2 is 2.04 bits per heavy atom. The van der Waals surface area contributed by atoms with Gasteiger partial charge in [-0.25, -0.2) is 0 Å². The van der Waals surface area contributed by atoms with Gasteiger partial charge in [-0.15, -0.1) is 0 Å². The molecule has 1 amide bonds. The maximum Gasteiger partial charge on any atom is 0.257 e. The molecule has 0 radical (unpaired) electrons. The molecule has 2 aromatic rings. The van der Waals surface area contributed by atoms with E-state index in [1.807, 2.05) is 26.0 Å². The molecule has 6 heteroatoms. The molecule has 1 saturated heterocycles. The molecule has 138 valence electrons. The summed E-state index contributed by atoms with van der Waals surface area (Å²) in [6.07, 6.45) is 4.98. The van der Waals surface area contributed by atoms with Crippen LogP contribution in [0.25, 0.3) is 0 Å². The summed E-state index contributed by atoms with van der Waals surface area (Å²) in [5.41, 5.74) is 1.16. The van der Waals surface area contributed by atoms with Gasteiger partial charge in [0.2, 0.25) is 0 Å². The van der Waals surface area contributed by atoms with Crippen molar-refractivity contribution in [3.05, 3.63) is 47.8 Å². The van der Waals surface area contributed by atoms with Crippen LogP contribution in [0, 0.1) is 5.92 Å². The van der Waals surface area contributed by atoms with Crippen LogP contribution in [0.2, 0.25) is 0 Å². The van der Waals surface area contributed by atoms with Gasteiger partial charge in [-0.1, -0.05) is 12.1 Å². The first kappa shape index (κ1) is 18.2. The van der Waals surface area contributed by atoms with E-state index >= 15 is 0 Å². The minimum absolute atomic E-state index is 0.0397. The third-order valence-corrected chi connectivity index (χ3v) is 4.83. The number of hydrogen-bond acceptors (Lipinski definition) is 4. The van der Waals surface area contributed by atoms with Crippen LogP contribution >= 0.6 is 0 Å². The summed E-state index contributed by atoms with van der Waals surface area (Å²) in [5, 5.41) is 4.24. The standard InChI is InChI=1S/C20H25N3O3/c1-14(2)23-13-16(11-21-23)20(25)22-10-6-7-15(12-22)19(24)17-8-4-5-9-18(17)26-3/h4-5,8-9,11,13-15H,6-7,10,12H2,1-3H3/t15-/m0/s1. The fourth-order valence-corrected chi connectivity index (χ4v) is 3.36. The molecule has 0 saturated carbocycles. The van der Waals surface area contributed by atoms with E-state index in [2.05, 4.69) is 5.10 Å². The maximum atomic E-state index is 12.9. The van der Waals surface area contributed by atoms with Crippen molar-refractivity contribution in [2.75, 3.05) is 20.2 Å². The van der Waals surface area contributed by atoms with Gasteiger partial charge >= 0.3 is 0 Å². The van der Waals surface area contributed by atoms with Gasteiger partial charge in [0.15, 0.2) is 5.78 Å². The Morgan fingerprint density at radius 1 is 1.27 bits per heavy atom. The normalized spacial score (nSPS) is 17.4. The van der Waals surface area contributed by atoms with Gasteiger partial charge in [-0.2, -0.15) is 5.10 Å². The molecule has 0 aliphatic carbocycles. The third kappa shape index (κ3) is 3.64. The summed E-state index contributed by atoms with van der Waals surface area (Å²) in [7, 11) is 1.56. The van der Waals surface area contributed by atoms with E-state index in [1.54, 1.807) is 41.2 Å². The van der Waals surface area contributed by atoms with Crippen LogP contribution in [0.5, 0.6) is 5.75 Å². The van der Waals surface area contributed by atoms with Crippen molar-refractivity contribution < 1.29 is 14.3 Å². The molecule has 6 nitrogen and oxygen atoms in total. The van der Waals surface area contributed by atoms with Crippen LogP contribution in [0.15, 0.2) is 36.7 Å². The van der Waals surface area contributed by atoms with Crippen LogP contribution in [-0.4, -0.2) is 46.6 Å². The van der Waals surface area contributed by atoms with E-state index in [1.165, 1.54) is 0 Å². The number of ketones is 1. The van der Waals surface area contributed by atoms with Gasteiger partial charge < -0.3 is 9.64 Å². The number of carbonyl (C=O) groups excluding carboxylic acids is 2. The van der Waals surface area contributed by atoms with Gasteiger partial charge in [0.25, 0.3) is 5.91 Å². The molecule has 2 heterocycles. The molecular weight excluding hydrogens is 330 g/mol. The first-order valence-corrected chi connectivity index (χ1v) is 9.02. The lowest BCUT2D eigenvalue weighted by atomic mass is 9.89. The number of Topliss-reactive ketones (excluding diaryl/α,β-unsaturated/α-hetero) is 1. The van der Waals surface area contributed by atoms with Crippen molar-refractivity contribution in [3.8, 4) is 5.75 Å². The zero-order valence-corrected chi connectivity index (χ0v) is 15.5. The van der Waals surface area contributed by atoms with Crippen molar-refractivity contribution in [2.45, 2.75) is 32.7 Å². The number of para-hydroxylation sites is 1. The number of nitrogens with zero attached hydrogens (tertiary/aromatic N) is 3. The number of hydrogen-bond donors (Lipinski definition) is 0. The lowest BCUT2D eigenvalue weighted by Crippen LogP contribution is -2.42. The van der Waals surface area contributed by atoms with Gasteiger partial charge in [-0.05, 0) is 38.8 Å². The van der Waals surface area contributed by atoms with E-state index in [-0.39, 0.29) is 23.7 Å². The lowest BCUT2D eigenvalue weighted by molar-refractivity contribution is 0.0636. The van der Waals surface area contributed by atoms with Crippen molar-refractivity contribution in [1.82, 2.24) is 14.7 Å². The van der Waals surface area contributed by atoms with Crippen molar-refractivity contribution in [2.24, 2.45) is 5.92 Å². The molecule has 0 bridgehead atoms. The molecule has 1 atom stereocenters. The molecule has 1 aliphatic heterocycles. The number of benzene rings is 1. The zero-order chi connectivity index (χ0) is 18.7. The van der Waals surface area contributed by atoms with Gasteiger partial charge in [0.05, 0.1) is 24.4 Å². The van der Waals surface area contributed by atoms with Crippen LogP contribution in [0.4, 0.5) is 0 Å². The Bertz CT molecular complexity index is 797. The van der Waals surface area contributed by atoms with E-state index in [4.69, 9.17) is 4.74 Å². The summed E-state index contributed by atoms with van der Waals surface area (Å²) in [6.45, 7) is 5.14. The largest absolute Gasteiger partial charge is 0.496 e. The molecule has 26 heavy (non-hydrogen) atoms. The second-order valence-corrected chi connectivity index (χ2v) is 6.96. The molecule has 0 N–H and O–H groups in total. The van der Waals surface area contributed by atoms with Crippen molar-refractivity contribution >= 4 is 11.7 Å². The van der Waals surface area contributed by atoms with Crippen LogP contribution in [0.3, 0.4) is 0 Å². The highest BCUT2D eigenvalue weighted by atomic mass is 16.5. The smallest absolute Gasteiger partial charge is 0.257 e. The number of aromatic nitrogens is 2. The van der Waals surface area contributed by atoms with E-state index in [0.717, 1.165) is 12.8 Å². The number of rotatable bonds is 5. The first-order valence-electron chi connectivity index (χ1n) is 9.02. The summed E-state index contributed by atoms with van der Waals surface area (Å²) in [5.74, 6) is 0.357. The minimum atomic E-state index is -0.204. The fourth-order valence-electron chi connectivity index (χ4n) is 3.36. The Hall–Kier alpha value is -2.63. The SMILES string of the molecule is COc1ccccc1C(=O)[C@H]1CCCN(C(=O)c2cnn(C(C)C)c2)C1. The number of ether oxygens (including phenoxy) is 1. The average Bonchev–Trinajstić information content (AvgIpc) is 3.17. The molecule has 3 rings (SSSR count). The van der Waals surface area contributed by atoms with E-state index in [9.17, 15) is 9.59 Å². The molecule has 0 spiro atoms. The Morgan fingerprint density at radius 3 is 2.73 bits per heavy atom. The molecule has 1 aliphatic rings. The first-order chi connectivity index (χ1) is 12.5. The number of methoxy groups -OCH3 is 1. The molecule has 0 unspecified atom stereocenters. The third-order valence-electron chi connectivity index (χ3n) is 4.83. The average molecular weight is 355 g/mol. The summed E-state index contributed by atoms with van der Waals surface area (Å²) in [6, 6.07) is 7.46. The molecule has 1 aromatic heterocycles. The number of amides is 1. The maximum absolute atomic E-state index is 12.9. The summed E-state index contributed by atoms with van der Waals surface area (Å²) in [4.78, 5) is 27.5. The highest BCUT2D eigenvalue weighted by Crippen LogP contribution is 2.26. The zero-order valence-electron chi connectivity index (χ0n) is 15.5. The predicted octanol–water partition coefficient (Wildman–Crippen LogP) is 3.21. The second kappa shape index (κ2) is 7.72. The monoisotopic (exact) mass is 355 g/mol. The van der Waals surface area contributed by atoms with Crippen LogP contribution in [0.1, 0.15) is 53.4 Å². The van der Waals surface area contributed by atoms with Gasteiger partial charge in [0, 0.05) is 31.2 Å². The number of carbonyl (C=O) groups is 2. The lowest BCUT2D eigenvalue weighted by Gasteiger charge is -2.32. The fraction of sp³-hybridized carbons (Fsp3) is 0.450. The number of likely N-dealkylation sites (tertiary alicyclic amines) is 1. The van der Waals surface area contributed by atoms with Crippen molar-refractivity contribution in [1.29, 1.82) is 0 Å².